The molecule has 20 heavy (non-hydrogen) atoms. The van der Waals surface area contributed by atoms with Crippen LogP contribution in [-0.4, -0.2) is 22.6 Å². The lowest BCUT2D eigenvalue weighted by atomic mass is 10.1. The number of hydrogen-bond acceptors (Lipinski definition) is 5. The minimum Gasteiger partial charge on any atom is -0.476 e. The van der Waals surface area contributed by atoms with Crippen LogP contribution in [0.15, 0.2) is 36.7 Å². The van der Waals surface area contributed by atoms with Gasteiger partial charge in [0, 0.05) is 6.04 Å². The Kier molecular flexibility index (Phi) is 4.76. The molecule has 1 unspecified atom stereocenters. The number of aromatic nitrogens is 2. The molecule has 0 amide bonds. The van der Waals surface area contributed by atoms with Crippen LogP contribution in [-0.2, 0) is 6.42 Å². The number of rotatable bonds is 6. The minimum absolute atomic E-state index is 0.212. The molecule has 0 saturated heterocycles. The molecule has 0 fully saturated rings. The van der Waals surface area contributed by atoms with Gasteiger partial charge in [-0.25, -0.2) is 4.98 Å². The summed E-state index contributed by atoms with van der Waals surface area (Å²) in [6.45, 7) is 4.52. The molecule has 1 atom stereocenters. The normalized spacial score (nSPS) is 11.9. The number of ether oxygens (including phenoxy) is 1. The Morgan fingerprint density at radius 1 is 1.25 bits per heavy atom. The quantitative estimate of drug-likeness (QED) is 0.845. The highest BCUT2D eigenvalue weighted by atomic mass is 16.5. The number of hydrogen-bond donors (Lipinski definition) is 2. The SMILES string of the molecule is CCOc1ncnc(NC(C)Cc2ccccc2)c1N. The molecule has 2 rings (SSSR count). The Labute approximate surface area is 119 Å². The molecule has 0 radical (unpaired) electrons. The van der Waals surface area contributed by atoms with Crippen LogP contribution in [0.5, 0.6) is 5.88 Å². The standard InChI is InChI=1S/C15H20N4O/c1-3-20-15-13(16)14(17-10-18-15)19-11(2)9-12-7-5-4-6-8-12/h4-8,10-11H,3,9,16H2,1-2H3,(H,17,18,19). The van der Waals surface area contributed by atoms with Crippen molar-refractivity contribution >= 4 is 11.5 Å². The molecule has 106 valence electrons. The van der Waals surface area contributed by atoms with E-state index in [1.165, 1.54) is 11.9 Å². The second kappa shape index (κ2) is 6.75. The monoisotopic (exact) mass is 272 g/mol. The van der Waals surface area contributed by atoms with Crippen LogP contribution in [0.2, 0.25) is 0 Å². The first kappa shape index (κ1) is 14.1. The predicted molar refractivity (Wildman–Crippen MR) is 80.8 cm³/mol. The highest BCUT2D eigenvalue weighted by molar-refractivity contribution is 5.66. The van der Waals surface area contributed by atoms with Gasteiger partial charge < -0.3 is 15.8 Å². The fourth-order valence-electron chi connectivity index (χ4n) is 2.00. The van der Waals surface area contributed by atoms with Gasteiger partial charge in [0.15, 0.2) is 5.82 Å². The van der Waals surface area contributed by atoms with Crippen LogP contribution < -0.4 is 15.8 Å². The molecule has 0 spiro atoms. The first-order chi connectivity index (χ1) is 9.70. The van der Waals surface area contributed by atoms with Crippen LogP contribution >= 0.6 is 0 Å². The van der Waals surface area contributed by atoms with Crippen LogP contribution in [0.25, 0.3) is 0 Å². The summed E-state index contributed by atoms with van der Waals surface area (Å²) < 4.78 is 5.36. The van der Waals surface area contributed by atoms with E-state index in [1.54, 1.807) is 0 Å². The van der Waals surface area contributed by atoms with Crippen LogP contribution in [0.4, 0.5) is 11.5 Å². The van der Waals surface area contributed by atoms with Gasteiger partial charge in [0.2, 0.25) is 5.88 Å². The van der Waals surface area contributed by atoms with E-state index in [4.69, 9.17) is 10.5 Å². The van der Waals surface area contributed by atoms with Gasteiger partial charge in [-0.1, -0.05) is 30.3 Å². The fourth-order valence-corrected chi connectivity index (χ4v) is 2.00. The van der Waals surface area contributed by atoms with E-state index in [0.717, 1.165) is 6.42 Å². The first-order valence-electron chi connectivity index (χ1n) is 6.74. The zero-order valence-corrected chi connectivity index (χ0v) is 11.8. The van der Waals surface area contributed by atoms with E-state index in [2.05, 4.69) is 34.3 Å². The molecule has 5 nitrogen and oxygen atoms in total. The van der Waals surface area contributed by atoms with Crippen molar-refractivity contribution in [2.24, 2.45) is 0 Å². The van der Waals surface area contributed by atoms with Gasteiger partial charge in [0.25, 0.3) is 0 Å². The molecule has 5 heteroatoms. The van der Waals surface area contributed by atoms with E-state index in [9.17, 15) is 0 Å². The number of nitrogens with two attached hydrogens (primary N) is 1. The van der Waals surface area contributed by atoms with E-state index in [-0.39, 0.29) is 6.04 Å². The van der Waals surface area contributed by atoms with Crippen LogP contribution in [0.3, 0.4) is 0 Å². The molecule has 0 aliphatic heterocycles. The summed E-state index contributed by atoms with van der Waals surface area (Å²) in [5, 5.41) is 3.30. The molecule has 0 bridgehead atoms. The third kappa shape index (κ3) is 3.60. The molecular weight excluding hydrogens is 252 g/mol. The lowest BCUT2D eigenvalue weighted by Crippen LogP contribution is -2.20. The second-order valence-corrected chi connectivity index (χ2v) is 4.61. The summed E-state index contributed by atoms with van der Waals surface area (Å²) in [5.41, 5.74) is 7.72. The summed E-state index contributed by atoms with van der Waals surface area (Å²) in [4.78, 5) is 8.20. The van der Waals surface area contributed by atoms with E-state index in [0.29, 0.717) is 24.0 Å². The van der Waals surface area contributed by atoms with Crippen molar-refractivity contribution in [1.82, 2.24) is 9.97 Å². The Morgan fingerprint density at radius 2 is 2.00 bits per heavy atom. The van der Waals surface area contributed by atoms with Crippen molar-refractivity contribution < 1.29 is 4.74 Å². The van der Waals surface area contributed by atoms with Crippen molar-refractivity contribution in [1.29, 1.82) is 0 Å². The maximum absolute atomic E-state index is 6.00. The molecule has 2 aromatic rings. The lowest BCUT2D eigenvalue weighted by Gasteiger charge is -2.16. The van der Waals surface area contributed by atoms with Gasteiger partial charge in [-0.05, 0) is 25.8 Å². The maximum Gasteiger partial charge on any atom is 0.242 e. The third-order valence-corrected chi connectivity index (χ3v) is 2.90. The molecule has 0 saturated carbocycles. The third-order valence-electron chi connectivity index (χ3n) is 2.90. The van der Waals surface area contributed by atoms with Gasteiger partial charge in [0.05, 0.1) is 6.61 Å². The van der Waals surface area contributed by atoms with Crippen molar-refractivity contribution in [3.8, 4) is 5.88 Å². The molecule has 1 aromatic carbocycles. The molecule has 1 heterocycles. The van der Waals surface area contributed by atoms with Gasteiger partial charge in [-0.2, -0.15) is 4.98 Å². The van der Waals surface area contributed by atoms with Crippen molar-refractivity contribution in [3.63, 3.8) is 0 Å². The molecule has 3 N–H and O–H groups in total. The summed E-state index contributed by atoms with van der Waals surface area (Å²) in [7, 11) is 0. The first-order valence-corrected chi connectivity index (χ1v) is 6.74. The summed E-state index contributed by atoms with van der Waals surface area (Å²) in [6.07, 6.45) is 2.35. The summed E-state index contributed by atoms with van der Waals surface area (Å²) >= 11 is 0. The van der Waals surface area contributed by atoms with E-state index < -0.39 is 0 Å². The van der Waals surface area contributed by atoms with Crippen molar-refractivity contribution in [2.75, 3.05) is 17.7 Å². The van der Waals surface area contributed by atoms with Gasteiger partial charge in [0.1, 0.15) is 12.0 Å². The van der Waals surface area contributed by atoms with E-state index in [1.807, 2.05) is 25.1 Å². The molecular formula is C15H20N4O. The number of nitrogen functional groups attached to an aromatic ring is 1. The largest absolute Gasteiger partial charge is 0.476 e. The molecule has 1 aromatic heterocycles. The van der Waals surface area contributed by atoms with E-state index >= 15 is 0 Å². The minimum atomic E-state index is 0.212. The van der Waals surface area contributed by atoms with Crippen LogP contribution in [0.1, 0.15) is 19.4 Å². The number of benzene rings is 1. The van der Waals surface area contributed by atoms with Crippen LogP contribution in [0, 0.1) is 0 Å². The Morgan fingerprint density at radius 3 is 2.70 bits per heavy atom. The van der Waals surface area contributed by atoms with Crippen molar-refractivity contribution in [3.05, 3.63) is 42.2 Å². The number of nitrogens with one attached hydrogen (secondary N) is 1. The van der Waals surface area contributed by atoms with Gasteiger partial charge >= 0.3 is 0 Å². The summed E-state index contributed by atoms with van der Waals surface area (Å²) in [5.74, 6) is 1.05. The predicted octanol–water partition coefficient (Wildman–Crippen LogP) is 2.50. The zero-order valence-electron chi connectivity index (χ0n) is 11.8. The highest BCUT2D eigenvalue weighted by Gasteiger charge is 2.11. The Bertz CT molecular complexity index is 545. The molecule has 0 aliphatic carbocycles. The molecule has 0 aliphatic rings. The Hall–Kier alpha value is -2.30. The average molecular weight is 272 g/mol. The number of nitrogens with zero attached hydrogens (tertiary/aromatic N) is 2. The lowest BCUT2D eigenvalue weighted by molar-refractivity contribution is 0.328. The number of anilines is 2. The second-order valence-electron chi connectivity index (χ2n) is 4.61. The summed E-state index contributed by atoms with van der Waals surface area (Å²) in [6, 6.07) is 10.5. The van der Waals surface area contributed by atoms with Gasteiger partial charge in [-0.3, -0.25) is 0 Å². The smallest absolute Gasteiger partial charge is 0.242 e. The fraction of sp³-hybridized carbons (Fsp3) is 0.333. The van der Waals surface area contributed by atoms with Crippen molar-refractivity contribution in [2.45, 2.75) is 26.3 Å². The highest BCUT2D eigenvalue weighted by Crippen LogP contribution is 2.25. The van der Waals surface area contributed by atoms with Gasteiger partial charge in [-0.15, -0.1) is 0 Å². The Balaban J connectivity index is 2.04. The average Bonchev–Trinajstić information content (AvgIpc) is 2.44. The maximum atomic E-state index is 6.00. The zero-order chi connectivity index (χ0) is 14.4. The topological polar surface area (TPSA) is 73.1 Å².